The summed E-state index contributed by atoms with van der Waals surface area (Å²) in [6, 6.07) is 31.0. The normalized spacial score (nSPS) is 11.0. The molecule has 37 heavy (non-hydrogen) atoms. The van der Waals surface area contributed by atoms with Crippen LogP contribution in [0.15, 0.2) is 97.1 Å². The minimum Gasteiger partial charge on any atom is -0.482 e. The molecule has 0 fully saturated rings. The first-order chi connectivity index (χ1) is 17.9. The van der Waals surface area contributed by atoms with Gasteiger partial charge in [0.15, 0.2) is 6.61 Å². The second kappa shape index (κ2) is 12.1. The fraction of sp³-hybridized carbons (Fsp3) is 0.226. The molecule has 3 aromatic carbocycles. The molecule has 0 N–H and O–H groups in total. The molecule has 0 saturated heterocycles. The third-order valence-corrected chi connectivity index (χ3v) is 5.20. The van der Waals surface area contributed by atoms with Gasteiger partial charge in [0.25, 0.3) is 0 Å². The Morgan fingerprint density at radius 1 is 0.730 bits per heavy atom. The van der Waals surface area contributed by atoms with E-state index in [4.69, 9.17) is 18.9 Å². The molecule has 0 atom stereocenters. The van der Waals surface area contributed by atoms with Gasteiger partial charge in [0.2, 0.25) is 11.8 Å². The van der Waals surface area contributed by atoms with E-state index in [1.54, 1.807) is 6.07 Å². The SMILES string of the molecule is CC(C)(C)OC(=O)COc1cccc(-c2ccc(OCc3ccccc3)nc2OCc2ccccc2)c1. The highest BCUT2D eigenvalue weighted by Gasteiger charge is 2.17. The van der Waals surface area contributed by atoms with Crippen molar-refractivity contribution in [1.82, 2.24) is 4.98 Å². The predicted molar refractivity (Wildman–Crippen MR) is 143 cm³/mol. The molecule has 0 bridgehead atoms. The summed E-state index contributed by atoms with van der Waals surface area (Å²) < 4.78 is 23.1. The standard InChI is InChI=1S/C31H31NO5/c1-31(2,3)37-29(33)22-34-26-16-10-15-25(19-26)27-17-18-28(35-20-23-11-6-4-7-12-23)32-30(27)36-21-24-13-8-5-9-14-24/h4-19H,20-22H2,1-3H3. The molecule has 6 nitrogen and oxygen atoms in total. The zero-order valence-electron chi connectivity index (χ0n) is 21.3. The molecule has 0 aliphatic heterocycles. The number of esters is 1. The minimum atomic E-state index is -0.566. The Balaban J connectivity index is 1.54. The topological polar surface area (TPSA) is 66.9 Å². The van der Waals surface area contributed by atoms with E-state index in [1.165, 1.54) is 0 Å². The van der Waals surface area contributed by atoms with Gasteiger partial charge in [0, 0.05) is 11.6 Å². The van der Waals surface area contributed by atoms with E-state index >= 15 is 0 Å². The molecule has 0 spiro atoms. The zero-order chi connectivity index (χ0) is 26.1. The van der Waals surface area contributed by atoms with Crippen LogP contribution in [-0.2, 0) is 22.7 Å². The minimum absolute atomic E-state index is 0.178. The number of hydrogen-bond acceptors (Lipinski definition) is 6. The highest BCUT2D eigenvalue weighted by atomic mass is 16.6. The average molecular weight is 498 g/mol. The van der Waals surface area contributed by atoms with Gasteiger partial charge in [-0.1, -0.05) is 72.8 Å². The Hall–Kier alpha value is -4.32. The molecule has 4 rings (SSSR count). The second-order valence-electron chi connectivity index (χ2n) is 9.45. The molecule has 0 saturated carbocycles. The number of aromatic nitrogens is 1. The van der Waals surface area contributed by atoms with Crippen molar-refractivity contribution in [2.75, 3.05) is 6.61 Å². The maximum Gasteiger partial charge on any atom is 0.344 e. The van der Waals surface area contributed by atoms with Crippen LogP contribution in [0.3, 0.4) is 0 Å². The molecule has 0 radical (unpaired) electrons. The average Bonchev–Trinajstić information content (AvgIpc) is 2.90. The van der Waals surface area contributed by atoms with Crippen LogP contribution in [0.25, 0.3) is 11.1 Å². The van der Waals surface area contributed by atoms with Crippen LogP contribution >= 0.6 is 0 Å². The van der Waals surface area contributed by atoms with Crippen LogP contribution in [-0.4, -0.2) is 23.2 Å². The van der Waals surface area contributed by atoms with Crippen molar-refractivity contribution in [3.8, 4) is 28.6 Å². The smallest absolute Gasteiger partial charge is 0.344 e. The van der Waals surface area contributed by atoms with Crippen molar-refractivity contribution in [3.05, 3.63) is 108 Å². The van der Waals surface area contributed by atoms with Gasteiger partial charge < -0.3 is 18.9 Å². The molecule has 4 aromatic rings. The predicted octanol–water partition coefficient (Wildman–Crippen LogP) is 6.63. The third-order valence-electron chi connectivity index (χ3n) is 5.20. The van der Waals surface area contributed by atoms with Crippen molar-refractivity contribution in [2.45, 2.75) is 39.6 Å². The first-order valence-corrected chi connectivity index (χ1v) is 12.2. The van der Waals surface area contributed by atoms with Gasteiger partial charge >= 0.3 is 5.97 Å². The number of nitrogens with zero attached hydrogens (tertiary/aromatic N) is 1. The van der Waals surface area contributed by atoms with Gasteiger partial charge in [-0.15, -0.1) is 0 Å². The van der Waals surface area contributed by atoms with Crippen molar-refractivity contribution < 1.29 is 23.7 Å². The lowest BCUT2D eigenvalue weighted by Gasteiger charge is -2.19. The summed E-state index contributed by atoms with van der Waals surface area (Å²) in [7, 11) is 0. The maximum atomic E-state index is 12.1. The molecule has 0 amide bonds. The molecule has 0 unspecified atom stereocenters. The first-order valence-electron chi connectivity index (χ1n) is 12.2. The molecule has 1 aromatic heterocycles. The molecular formula is C31H31NO5. The van der Waals surface area contributed by atoms with Gasteiger partial charge in [0.1, 0.15) is 24.6 Å². The fourth-order valence-corrected chi connectivity index (χ4v) is 3.56. The Morgan fingerprint density at radius 3 is 2.03 bits per heavy atom. The van der Waals surface area contributed by atoms with E-state index in [-0.39, 0.29) is 6.61 Å². The molecule has 1 heterocycles. The van der Waals surface area contributed by atoms with Crippen LogP contribution < -0.4 is 14.2 Å². The van der Waals surface area contributed by atoms with Crippen LogP contribution in [0.5, 0.6) is 17.5 Å². The van der Waals surface area contributed by atoms with Gasteiger partial charge in [0.05, 0.1) is 0 Å². The van der Waals surface area contributed by atoms with E-state index in [9.17, 15) is 4.79 Å². The summed E-state index contributed by atoms with van der Waals surface area (Å²) in [6.07, 6.45) is 0. The van der Waals surface area contributed by atoms with Crippen LogP contribution in [0.4, 0.5) is 0 Å². The Labute approximate surface area is 217 Å². The lowest BCUT2D eigenvalue weighted by atomic mass is 10.1. The number of carbonyl (C=O) groups is 1. The monoisotopic (exact) mass is 497 g/mol. The largest absolute Gasteiger partial charge is 0.482 e. The van der Waals surface area contributed by atoms with Gasteiger partial charge in [-0.2, -0.15) is 4.98 Å². The Kier molecular flexibility index (Phi) is 8.41. The number of hydrogen-bond donors (Lipinski definition) is 0. The number of pyridine rings is 1. The number of rotatable bonds is 10. The van der Waals surface area contributed by atoms with E-state index in [1.807, 2.05) is 112 Å². The van der Waals surface area contributed by atoms with Crippen molar-refractivity contribution in [2.24, 2.45) is 0 Å². The highest BCUT2D eigenvalue weighted by molar-refractivity contribution is 5.72. The quantitative estimate of drug-likeness (QED) is 0.229. The lowest BCUT2D eigenvalue weighted by molar-refractivity contribution is -0.157. The highest BCUT2D eigenvalue weighted by Crippen LogP contribution is 2.33. The third kappa shape index (κ3) is 8.10. The summed E-state index contributed by atoms with van der Waals surface area (Å²) in [5, 5.41) is 0. The summed E-state index contributed by atoms with van der Waals surface area (Å²) >= 11 is 0. The summed E-state index contributed by atoms with van der Waals surface area (Å²) in [5.74, 6) is 1.03. The first kappa shape index (κ1) is 25.8. The van der Waals surface area contributed by atoms with E-state index in [2.05, 4.69) is 4.98 Å². The fourth-order valence-electron chi connectivity index (χ4n) is 3.56. The van der Waals surface area contributed by atoms with Crippen LogP contribution in [0.2, 0.25) is 0 Å². The summed E-state index contributed by atoms with van der Waals surface area (Å²) in [4.78, 5) is 16.7. The zero-order valence-corrected chi connectivity index (χ0v) is 21.3. The number of ether oxygens (including phenoxy) is 4. The maximum absolute atomic E-state index is 12.1. The molecule has 0 aliphatic rings. The molecule has 6 heteroatoms. The Bertz CT molecular complexity index is 1300. The second-order valence-corrected chi connectivity index (χ2v) is 9.45. The summed E-state index contributed by atoms with van der Waals surface area (Å²) in [5.41, 5.74) is 3.14. The van der Waals surface area contributed by atoms with Gasteiger partial charge in [-0.3, -0.25) is 0 Å². The van der Waals surface area contributed by atoms with E-state index in [0.29, 0.717) is 30.7 Å². The number of carbonyl (C=O) groups excluding carboxylic acids is 1. The van der Waals surface area contributed by atoms with Crippen LogP contribution in [0, 0.1) is 0 Å². The van der Waals surface area contributed by atoms with Crippen molar-refractivity contribution in [3.63, 3.8) is 0 Å². The van der Waals surface area contributed by atoms with Gasteiger partial charge in [-0.05, 0) is 55.7 Å². The molecule has 0 aliphatic carbocycles. The molecule has 190 valence electrons. The lowest BCUT2D eigenvalue weighted by Crippen LogP contribution is -2.27. The summed E-state index contributed by atoms with van der Waals surface area (Å²) in [6.45, 7) is 6.05. The number of benzene rings is 3. The van der Waals surface area contributed by atoms with Gasteiger partial charge in [-0.25, -0.2) is 4.79 Å². The molecular weight excluding hydrogens is 466 g/mol. The van der Waals surface area contributed by atoms with Crippen LogP contribution in [0.1, 0.15) is 31.9 Å². The van der Waals surface area contributed by atoms with E-state index < -0.39 is 11.6 Å². The Morgan fingerprint density at radius 2 is 1.38 bits per heavy atom. The van der Waals surface area contributed by atoms with E-state index in [0.717, 1.165) is 22.3 Å². The van der Waals surface area contributed by atoms with Crippen molar-refractivity contribution in [1.29, 1.82) is 0 Å². The van der Waals surface area contributed by atoms with Crippen molar-refractivity contribution >= 4 is 5.97 Å².